The molecule has 1 N–H and O–H groups in total. The molecule has 1 heterocycles. The van der Waals surface area contributed by atoms with E-state index in [1.807, 2.05) is 6.07 Å². The van der Waals surface area contributed by atoms with Crippen LogP contribution in [0.5, 0.6) is 5.75 Å². The zero-order valence-corrected chi connectivity index (χ0v) is 11.9. The highest BCUT2D eigenvalue weighted by Crippen LogP contribution is 2.16. The number of para-hydroxylation sites is 1. The van der Waals surface area contributed by atoms with Crippen LogP contribution < -0.4 is 10.4 Å². The minimum Gasteiger partial charge on any atom is -0.480 e. The van der Waals surface area contributed by atoms with Crippen LogP contribution in [0.3, 0.4) is 0 Å². The maximum absolute atomic E-state index is 12.9. The number of ether oxygens (including phenoxy) is 1. The molecule has 0 saturated heterocycles. The Hall–Kier alpha value is -3.15. The van der Waals surface area contributed by atoms with Crippen LogP contribution in [-0.2, 0) is 0 Å². The molecule has 0 aliphatic rings. The molecular formula is C17H12FNO4. The largest absolute Gasteiger partial charge is 0.480 e. The quantitative estimate of drug-likeness (QED) is 0.347. The maximum atomic E-state index is 12.9. The summed E-state index contributed by atoms with van der Waals surface area (Å²) < 4.78 is 23.5. The van der Waals surface area contributed by atoms with Crippen molar-refractivity contribution in [1.29, 1.82) is 0 Å². The van der Waals surface area contributed by atoms with Gasteiger partial charge < -0.3 is 14.4 Å². The molecule has 0 aliphatic carbocycles. The van der Waals surface area contributed by atoms with Gasteiger partial charge in [0.2, 0.25) is 5.75 Å². The standard InChI is InChI=1S/C17H12FNO4/c18-13-7-5-11(6-8-13)14(19-21)10-22-16-9-12-3-1-2-4-15(12)23-17(16)20/h1-9,21H,10H2/b19-14+. The number of oxime groups is 1. The van der Waals surface area contributed by atoms with Crippen LogP contribution in [0.15, 0.2) is 69.0 Å². The first kappa shape index (κ1) is 14.8. The second kappa shape index (κ2) is 6.31. The third-order valence-electron chi connectivity index (χ3n) is 3.27. The van der Waals surface area contributed by atoms with E-state index >= 15 is 0 Å². The lowest BCUT2D eigenvalue weighted by atomic mass is 10.1. The molecule has 0 aliphatic heterocycles. The van der Waals surface area contributed by atoms with Crippen molar-refractivity contribution in [1.82, 2.24) is 0 Å². The summed E-state index contributed by atoms with van der Waals surface area (Å²) in [6, 6.07) is 14.0. The molecule has 3 rings (SSSR count). The fourth-order valence-corrected chi connectivity index (χ4v) is 2.10. The van der Waals surface area contributed by atoms with Gasteiger partial charge in [-0.05, 0) is 36.4 Å². The Kier molecular flexibility index (Phi) is 4.05. The van der Waals surface area contributed by atoms with E-state index in [1.165, 1.54) is 24.3 Å². The lowest BCUT2D eigenvalue weighted by molar-refractivity contribution is 0.305. The van der Waals surface area contributed by atoms with E-state index in [9.17, 15) is 9.18 Å². The van der Waals surface area contributed by atoms with Crippen molar-refractivity contribution in [3.63, 3.8) is 0 Å². The smallest absolute Gasteiger partial charge is 0.379 e. The van der Waals surface area contributed by atoms with Gasteiger partial charge in [-0.25, -0.2) is 9.18 Å². The molecule has 116 valence electrons. The number of nitrogens with zero attached hydrogens (tertiary/aromatic N) is 1. The van der Waals surface area contributed by atoms with E-state index < -0.39 is 11.4 Å². The minimum atomic E-state index is -0.625. The summed E-state index contributed by atoms with van der Waals surface area (Å²) in [7, 11) is 0. The van der Waals surface area contributed by atoms with Crippen LogP contribution in [0.1, 0.15) is 5.56 Å². The van der Waals surface area contributed by atoms with E-state index in [4.69, 9.17) is 14.4 Å². The topological polar surface area (TPSA) is 72.0 Å². The van der Waals surface area contributed by atoms with E-state index in [2.05, 4.69) is 5.16 Å². The van der Waals surface area contributed by atoms with Crippen LogP contribution in [0.2, 0.25) is 0 Å². The number of halogens is 1. The van der Waals surface area contributed by atoms with Gasteiger partial charge in [0.1, 0.15) is 23.7 Å². The van der Waals surface area contributed by atoms with Gasteiger partial charge in [0.05, 0.1) is 0 Å². The lowest BCUT2D eigenvalue weighted by Gasteiger charge is -2.07. The molecule has 23 heavy (non-hydrogen) atoms. The molecule has 5 nitrogen and oxygen atoms in total. The first-order valence-electron chi connectivity index (χ1n) is 6.80. The van der Waals surface area contributed by atoms with Gasteiger partial charge in [-0.2, -0.15) is 0 Å². The summed E-state index contributed by atoms with van der Waals surface area (Å²) in [4.78, 5) is 11.9. The van der Waals surface area contributed by atoms with Crippen molar-refractivity contribution < 1.29 is 18.8 Å². The van der Waals surface area contributed by atoms with E-state index in [0.717, 1.165) is 0 Å². The van der Waals surface area contributed by atoms with Crippen LogP contribution in [-0.4, -0.2) is 17.5 Å². The number of rotatable bonds is 4. The highest BCUT2D eigenvalue weighted by molar-refractivity contribution is 6.01. The zero-order chi connectivity index (χ0) is 16.2. The molecule has 0 amide bonds. The Morgan fingerprint density at radius 2 is 1.91 bits per heavy atom. The molecule has 2 aromatic carbocycles. The van der Waals surface area contributed by atoms with Gasteiger partial charge in [-0.3, -0.25) is 0 Å². The van der Waals surface area contributed by atoms with Crippen LogP contribution in [0.25, 0.3) is 11.0 Å². The molecule has 0 spiro atoms. The Morgan fingerprint density at radius 1 is 1.17 bits per heavy atom. The summed E-state index contributed by atoms with van der Waals surface area (Å²) in [6.07, 6.45) is 0. The van der Waals surface area contributed by atoms with Gasteiger partial charge in [0, 0.05) is 10.9 Å². The zero-order valence-electron chi connectivity index (χ0n) is 11.9. The second-order valence-electron chi connectivity index (χ2n) is 4.78. The summed E-state index contributed by atoms with van der Waals surface area (Å²) in [6.45, 7) is -0.161. The predicted octanol–water partition coefficient (Wildman–Crippen LogP) is 3.19. The number of benzene rings is 2. The van der Waals surface area contributed by atoms with Crippen molar-refractivity contribution in [3.8, 4) is 5.75 Å². The molecule has 0 radical (unpaired) electrons. The average Bonchev–Trinajstić information content (AvgIpc) is 2.57. The van der Waals surface area contributed by atoms with Crippen LogP contribution in [0.4, 0.5) is 4.39 Å². The number of hydrogen-bond acceptors (Lipinski definition) is 5. The van der Waals surface area contributed by atoms with Crippen molar-refractivity contribution in [2.75, 3.05) is 6.61 Å². The van der Waals surface area contributed by atoms with Crippen molar-refractivity contribution in [2.24, 2.45) is 5.16 Å². The van der Waals surface area contributed by atoms with Crippen molar-refractivity contribution in [2.45, 2.75) is 0 Å². The van der Waals surface area contributed by atoms with Crippen LogP contribution >= 0.6 is 0 Å². The molecule has 3 aromatic rings. The monoisotopic (exact) mass is 313 g/mol. The van der Waals surface area contributed by atoms with E-state index in [1.54, 1.807) is 24.3 Å². The Labute approximate surface area is 130 Å². The summed E-state index contributed by atoms with van der Waals surface area (Å²) in [5.41, 5.74) is 0.483. The molecule has 0 saturated carbocycles. The summed E-state index contributed by atoms with van der Waals surface area (Å²) in [5, 5.41) is 12.9. The Morgan fingerprint density at radius 3 is 2.65 bits per heavy atom. The number of hydrogen-bond donors (Lipinski definition) is 1. The van der Waals surface area contributed by atoms with E-state index in [-0.39, 0.29) is 18.1 Å². The van der Waals surface area contributed by atoms with Gasteiger partial charge in [0.15, 0.2) is 0 Å². The molecule has 0 unspecified atom stereocenters. The first-order valence-corrected chi connectivity index (χ1v) is 6.80. The van der Waals surface area contributed by atoms with E-state index in [0.29, 0.717) is 16.5 Å². The SMILES string of the molecule is O=c1oc2ccccc2cc1OC/C(=N\O)c1ccc(F)cc1. The third kappa shape index (κ3) is 3.21. The molecular weight excluding hydrogens is 301 g/mol. The highest BCUT2D eigenvalue weighted by atomic mass is 19.1. The molecule has 1 aromatic heterocycles. The average molecular weight is 313 g/mol. The fourth-order valence-electron chi connectivity index (χ4n) is 2.10. The fraction of sp³-hybridized carbons (Fsp3) is 0.0588. The third-order valence-corrected chi connectivity index (χ3v) is 3.27. The first-order chi connectivity index (χ1) is 11.2. The predicted molar refractivity (Wildman–Crippen MR) is 82.7 cm³/mol. The highest BCUT2D eigenvalue weighted by Gasteiger charge is 2.10. The molecule has 6 heteroatoms. The van der Waals surface area contributed by atoms with Gasteiger partial charge in [-0.15, -0.1) is 0 Å². The summed E-state index contributed by atoms with van der Waals surface area (Å²) >= 11 is 0. The normalized spacial score (nSPS) is 11.6. The van der Waals surface area contributed by atoms with Crippen molar-refractivity contribution in [3.05, 3.63) is 76.4 Å². The maximum Gasteiger partial charge on any atom is 0.379 e. The lowest BCUT2D eigenvalue weighted by Crippen LogP contribution is -2.16. The summed E-state index contributed by atoms with van der Waals surface area (Å²) in [5.74, 6) is -0.394. The molecule has 0 fully saturated rings. The molecule has 0 bridgehead atoms. The minimum absolute atomic E-state index is 0.00645. The van der Waals surface area contributed by atoms with Gasteiger partial charge in [-0.1, -0.05) is 23.4 Å². The van der Waals surface area contributed by atoms with Crippen molar-refractivity contribution >= 4 is 16.7 Å². The second-order valence-corrected chi connectivity index (χ2v) is 4.78. The Bertz CT molecular complexity index is 916. The number of fused-ring (bicyclic) bond motifs is 1. The van der Waals surface area contributed by atoms with Gasteiger partial charge in [0.25, 0.3) is 0 Å². The van der Waals surface area contributed by atoms with Crippen LogP contribution in [0, 0.1) is 5.82 Å². The molecule has 0 atom stereocenters. The van der Waals surface area contributed by atoms with Gasteiger partial charge >= 0.3 is 5.63 Å². The Balaban J connectivity index is 1.83.